The van der Waals surface area contributed by atoms with E-state index >= 15 is 0 Å². The minimum absolute atomic E-state index is 0.0989. The van der Waals surface area contributed by atoms with Gasteiger partial charge >= 0.3 is 23.9 Å². The molecule has 0 unspecified atom stereocenters. The molecule has 0 aliphatic heterocycles. The Morgan fingerprint density at radius 2 is 1.43 bits per heavy atom. The summed E-state index contributed by atoms with van der Waals surface area (Å²) in [6, 6.07) is 12.7. The van der Waals surface area contributed by atoms with Gasteiger partial charge in [0, 0.05) is 34.9 Å². The number of esters is 3. The van der Waals surface area contributed by atoms with Crippen LogP contribution in [0.2, 0.25) is 0 Å². The van der Waals surface area contributed by atoms with Crippen LogP contribution in [0.4, 0.5) is 0 Å². The lowest BCUT2D eigenvalue weighted by atomic mass is 10.0. The first-order chi connectivity index (χ1) is 17.4. The van der Waals surface area contributed by atoms with Crippen LogP contribution in [-0.2, 0) is 28.7 Å². The van der Waals surface area contributed by atoms with Crippen molar-refractivity contribution in [2.24, 2.45) is 0 Å². The highest BCUT2D eigenvalue weighted by molar-refractivity contribution is 6.10. The van der Waals surface area contributed by atoms with E-state index in [4.69, 9.17) is 9.84 Å². The number of aromatic hydroxyl groups is 1. The predicted octanol–water partition coefficient (Wildman–Crippen LogP) is 3.39. The van der Waals surface area contributed by atoms with Crippen LogP contribution in [0.3, 0.4) is 0 Å². The zero-order valence-electron chi connectivity index (χ0n) is 20.3. The largest absolute Gasteiger partial charge is 0.507 e. The van der Waals surface area contributed by atoms with Crippen molar-refractivity contribution in [2.75, 3.05) is 13.2 Å². The number of hydrogen-bond donors (Lipinski definition) is 2. The van der Waals surface area contributed by atoms with Crippen LogP contribution in [-0.4, -0.2) is 53.1 Å². The second-order valence-corrected chi connectivity index (χ2v) is 7.30. The molecule has 2 rings (SSSR count). The van der Waals surface area contributed by atoms with Gasteiger partial charge in [-0.25, -0.2) is 19.2 Å². The number of aliphatic carboxylic acids is 1. The van der Waals surface area contributed by atoms with Gasteiger partial charge in [0.15, 0.2) is 5.78 Å². The van der Waals surface area contributed by atoms with Crippen molar-refractivity contribution in [1.29, 1.82) is 0 Å². The topological polar surface area (TPSA) is 154 Å². The average Bonchev–Trinajstić information content (AvgIpc) is 2.85. The molecular weight excluding hydrogens is 484 g/mol. The minimum atomic E-state index is -1.24. The van der Waals surface area contributed by atoms with E-state index in [2.05, 4.69) is 22.6 Å². The molecule has 2 aromatic carbocycles. The van der Waals surface area contributed by atoms with E-state index in [-0.39, 0.29) is 47.2 Å². The van der Waals surface area contributed by atoms with Gasteiger partial charge in [0.25, 0.3) is 0 Å². The maximum atomic E-state index is 12.2. The summed E-state index contributed by atoms with van der Waals surface area (Å²) in [5.41, 5.74) is 1.12. The lowest BCUT2D eigenvalue weighted by molar-refractivity contribution is -0.146. The molecule has 0 fully saturated rings. The fraction of sp³-hybridized carbons (Fsp3) is 0.148. The van der Waals surface area contributed by atoms with Crippen molar-refractivity contribution >= 4 is 29.7 Å². The fourth-order valence-corrected chi connectivity index (χ4v) is 2.29. The molecule has 0 saturated heterocycles. The number of carboxylic acid groups (broad SMARTS) is 1. The minimum Gasteiger partial charge on any atom is -0.507 e. The van der Waals surface area contributed by atoms with Crippen LogP contribution in [0, 0.1) is 0 Å². The van der Waals surface area contributed by atoms with Gasteiger partial charge in [0.2, 0.25) is 0 Å². The number of carbonyl (C=O) groups excluding carboxylic acids is 4. The van der Waals surface area contributed by atoms with Gasteiger partial charge in [-0.15, -0.1) is 0 Å². The highest BCUT2D eigenvalue weighted by Crippen LogP contribution is 2.26. The number of phenols is 1. The molecule has 0 saturated carbocycles. The normalized spacial score (nSPS) is 9.89. The van der Waals surface area contributed by atoms with Gasteiger partial charge < -0.3 is 24.4 Å². The fourth-order valence-electron chi connectivity index (χ4n) is 2.29. The summed E-state index contributed by atoms with van der Waals surface area (Å²) < 4.78 is 14.1. The van der Waals surface area contributed by atoms with Gasteiger partial charge in [-0.05, 0) is 26.0 Å². The van der Waals surface area contributed by atoms with Gasteiger partial charge in [-0.3, -0.25) is 4.79 Å². The van der Waals surface area contributed by atoms with E-state index in [0.717, 1.165) is 6.08 Å². The number of rotatable bonds is 10. The summed E-state index contributed by atoms with van der Waals surface area (Å²) in [6.07, 6.45) is 1.42. The highest BCUT2D eigenvalue weighted by Gasteiger charge is 2.15. The molecule has 0 radical (unpaired) electrons. The van der Waals surface area contributed by atoms with Crippen molar-refractivity contribution in [3.63, 3.8) is 0 Å². The molecule has 0 heterocycles. The molecule has 0 aromatic heterocycles. The Morgan fingerprint density at radius 1 is 0.838 bits per heavy atom. The number of benzene rings is 2. The molecule has 0 spiro atoms. The van der Waals surface area contributed by atoms with E-state index in [1.54, 1.807) is 30.3 Å². The van der Waals surface area contributed by atoms with Gasteiger partial charge in [0.05, 0.1) is 5.56 Å². The van der Waals surface area contributed by atoms with Crippen molar-refractivity contribution < 1.29 is 48.4 Å². The first-order valence-corrected chi connectivity index (χ1v) is 10.6. The average molecular weight is 510 g/mol. The van der Waals surface area contributed by atoms with Crippen LogP contribution in [0.15, 0.2) is 85.0 Å². The Labute approximate surface area is 213 Å². The molecule has 0 aliphatic carbocycles. The Bertz CT molecular complexity index is 1210. The Hall–Kier alpha value is -4.99. The van der Waals surface area contributed by atoms with Crippen molar-refractivity contribution in [3.8, 4) is 11.5 Å². The van der Waals surface area contributed by atoms with Gasteiger partial charge in [-0.2, -0.15) is 0 Å². The Morgan fingerprint density at radius 3 is 1.97 bits per heavy atom. The summed E-state index contributed by atoms with van der Waals surface area (Å²) in [5, 5.41) is 18.1. The smallest absolute Gasteiger partial charge is 0.338 e. The third-order valence-corrected chi connectivity index (χ3v) is 4.08. The van der Waals surface area contributed by atoms with Crippen molar-refractivity contribution in [3.05, 3.63) is 96.1 Å². The Kier molecular flexibility index (Phi) is 12.3. The summed E-state index contributed by atoms with van der Waals surface area (Å²) in [5.74, 6) is -3.60. The summed E-state index contributed by atoms with van der Waals surface area (Å²) >= 11 is 0. The molecule has 194 valence electrons. The Balaban J connectivity index is 0.000000387. The number of ether oxygens (including phenoxy) is 3. The molecule has 10 nitrogen and oxygen atoms in total. The molecule has 0 bridgehead atoms. The number of hydrogen-bond acceptors (Lipinski definition) is 9. The number of carboxylic acids is 1. The number of ketones is 1. The monoisotopic (exact) mass is 510 g/mol. The molecule has 2 N–H and O–H groups in total. The van der Waals surface area contributed by atoms with Crippen LogP contribution >= 0.6 is 0 Å². The van der Waals surface area contributed by atoms with E-state index in [1.165, 1.54) is 32.0 Å². The van der Waals surface area contributed by atoms with Gasteiger partial charge in [0.1, 0.15) is 24.7 Å². The maximum absolute atomic E-state index is 12.2. The zero-order valence-corrected chi connectivity index (χ0v) is 20.3. The molecule has 37 heavy (non-hydrogen) atoms. The molecular formula is C27H26O10. The molecule has 0 aliphatic rings. The zero-order chi connectivity index (χ0) is 28.0. The quantitative estimate of drug-likeness (QED) is 0.160. The predicted molar refractivity (Wildman–Crippen MR) is 132 cm³/mol. The SMILES string of the molecule is C=C(C)C(=O)OCCOC(=O)C=CC(=O)O.C=C(C)C(=O)Oc1ccc(C(=O)c2ccccc2)c(O)c1. The molecule has 0 amide bonds. The van der Waals surface area contributed by atoms with Gasteiger partial charge in [-0.1, -0.05) is 43.5 Å². The molecule has 0 atom stereocenters. The van der Waals surface area contributed by atoms with E-state index < -0.39 is 23.9 Å². The van der Waals surface area contributed by atoms with Crippen LogP contribution in [0.1, 0.15) is 29.8 Å². The lowest BCUT2D eigenvalue weighted by Gasteiger charge is -2.07. The van der Waals surface area contributed by atoms with Crippen LogP contribution < -0.4 is 4.74 Å². The first kappa shape index (κ1) is 30.0. The second kappa shape index (κ2) is 15.1. The maximum Gasteiger partial charge on any atom is 0.338 e. The third-order valence-electron chi connectivity index (χ3n) is 4.08. The lowest BCUT2D eigenvalue weighted by Crippen LogP contribution is -2.13. The third kappa shape index (κ3) is 11.3. The van der Waals surface area contributed by atoms with Crippen LogP contribution in [0.5, 0.6) is 11.5 Å². The van der Waals surface area contributed by atoms with E-state index in [1.807, 2.05) is 0 Å². The van der Waals surface area contributed by atoms with Crippen LogP contribution in [0.25, 0.3) is 0 Å². The van der Waals surface area contributed by atoms with Crippen molar-refractivity contribution in [1.82, 2.24) is 0 Å². The van der Waals surface area contributed by atoms with E-state index in [0.29, 0.717) is 11.6 Å². The first-order valence-electron chi connectivity index (χ1n) is 10.6. The highest BCUT2D eigenvalue weighted by atomic mass is 16.6. The summed E-state index contributed by atoms with van der Waals surface area (Å²) in [4.78, 5) is 55.3. The number of phenolic OH excluding ortho intramolecular Hbond substituents is 1. The second-order valence-electron chi connectivity index (χ2n) is 7.30. The van der Waals surface area contributed by atoms with Crippen molar-refractivity contribution in [2.45, 2.75) is 13.8 Å². The van der Waals surface area contributed by atoms with E-state index in [9.17, 15) is 29.1 Å². The molecule has 10 heteroatoms. The summed E-state index contributed by atoms with van der Waals surface area (Å²) in [6.45, 7) is 9.60. The molecule has 2 aromatic rings. The standard InChI is InChI=1S/C17H14O4.C10H12O6/c1-11(2)17(20)21-13-8-9-14(15(18)10-13)16(19)12-6-4-3-5-7-12;1-7(2)10(14)16-6-5-15-9(13)4-3-8(11)12/h3-10,18H,1H2,2H3;3-4H,1,5-6H2,2H3,(H,11,12). The summed E-state index contributed by atoms with van der Waals surface area (Å²) in [7, 11) is 0. The number of carbonyl (C=O) groups is 5.